The summed E-state index contributed by atoms with van der Waals surface area (Å²) in [7, 11) is 2.02. The molecule has 1 aromatic rings. The van der Waals surface area contributed by atoms with Gasteiger partial charge in [-0.15, -0.1) is 24.0 Å². The van der Waals surface area contributed by atoms with Crippen LogP contribution in [0.5, 0.6) is 0 Å². The van der Waals surface area contributed by atoms with E-state index < -0.39 is 0 Å². The Morgan fingerprint density at radius 3 is 2.60 bits per heavy atom. The van der Waals surface area contributed by atoms with Crippen LogP contribution in [0.1, 0.15) is 11.1 Å². The number of rotatable bonds is 1. The molecule has 2 aliphatic heterocycles. The third-order valence-corrected chi connectivity index (χ3v) is 3.27. The number of allylic oxidation sites excluding steroid dienone is 6. The van der Waals surface area contributed by atoms with Crippen molar-refractivity contribution < 1.29 is 0 Å². The first-order valence-electron chi connectivity index (χ1n) is 6.38. The largest absolute Gasteiger partial charge is 0.357 e. The first kappa shape index (κ1) is 14.8. The van der Waals surface area contributed by atoms with Crippen molar-refractivity contribution in [1.82, 2.24) is 4.90 Å². The van der Waals surface area contributed by atoms with E-state index in [0.29, 0.717) is 0 Å². The summed E-state index contributed by atoms with van der Waals surface area (Å²) >= 11 is 0. The van der Waals surface area contributed by atoms with Gasteiger partial charge in [-0.3, -0.25) is 4.99 Å². The topological polar surface area (TPSA) is 15.6 Å². The molecule has 0 atom stereocenters. The Balaban J connectivity index is 0.00000147. The lowest BCUT2D eigenvalue weighted by atomic mass is 10.0. The summed E-state index contributed by atoms with van der Waals surface area (Å²) < 4.78 is 0. The highest BCUT2D eigenvalue weighted by molar-refractivity contribution is 14.0. The molecule has 0 unspecified atom stereocenters. The Morgan fingerprint density at radius 2 is 1.85 bits per heavy atom. The summed E-state index contributed by atoms with van der Waals surface area (Å²) in [5.74, 6) is 0. The maximum Gasteiger partial charge on any atom is 0.0708 e. The summed E-state index contributed by atoms with van der Waals surface area (Å²) in [4.78, 5) is 6.46. The Bertz CT molecular complexity index is 648. The van der Waals surface area contributed by atoms with Gasteiger partial charge in [0.15, 0.2) is 0 Å². The zero-order valence-corrected chi connectivity index (χ0v) is 13.9. The number of aliphatic imine (C=N–C) groups is 1. The Kier molecular flexibility index (Phi) is 4.60. The molecule has 0 saturated heterocycles. The van der Waals surface area contributed by atoms with Gasteiger partial charge in [-0.1, -0.05) is 23.8 Å². The van der Waals surface area contributed by atoms with Crippen LogP contribution in [0, 0.1) is 6.92 Å². The molecule has 0 radical (unpaired) electrons. The van der Waals surface area contributed by atoms with Crippen molar-refractivity contribution in [2.45, 2.75) is 6.92 Å². The van der Waals surface area contributed by atoms with Gasteiger partial charge in [0.1, 0.15) is 0 Å². The number of hydrogen-bond donors (Lipinski definition) is 0. The van der Waals surface area contributed by atoms with Crippen LogP contribution in [0.15, 0.2) is 65.5 Å². The molecule has 102 valence electrons. The van der Waals surface area contributed by atoms with Crippen LogP contribution >= 0.6 is 24.0 Å². The molecule has 0 saturated carbocycles. The van der Waals surface area contributed by atoms with E-state index in [1.807, 2.05) is 30.6 Å². The minimum Gasteiger partial charge on any atom is -0.357 e. The second-order valence-electron chi connectivity index (χ2n) is 4.86. The van der Waals surface area contributed by atoms with Crippen LogP contribution in [-0.2, 0) is 0 Å². The first-order chi connectivity index (χ1) is 9.22. The summed E-state index contributed by atoms with van der Waals surface area (Å²) in [5.41, 5.74) is 5.91. The molecule has 0 aliphatic carbocycles. The zero-order valence-electron chi connectivity index (χ0n) is 11.6. The van der Waals surface area contributed by atoms with Crippen molar-refractivity contribution >= 4 is 41.5 Å². The predicted octanol–water partition coefficient (Wildman–Crippen LogP) is 4.61. The number of aryl methyl sites for hydroxylation is 1. The van der Waals surface area contributed by atoms with Gasteiger partial charge < -0.3 is 4.90 Å². The van der Waals surface area contributed by atoms with Gasteiger partial charge in [0.05, 0.1) is 5.69 Å². The first-order valence-corrected chi connectivity index (χ1v) is 6.38. The molecule has 0 bridgehead atoms. The van der Waals surface area contributed by atoms with E-state index in [-0.39, 0.29) is 24.0 Å². The third-order valence-electron chi connectivity index (χ3n) is 3.27. The van der Waals surface area contributed by atoms with Crippen LogP contribution in [0.25, 0.3) is 5.57 Å². The van der Waals surface area contributed by atoms with Crippen LogP contribution in [0.4, 0.5) is 5.69 Å². The molecule has 20 heavy (non-hydrogen) atoms. The normalized spacial score (nSPS) is 17.4. The van der Waals surface area contributed by atoms with E-state index in [9.17, 15) is 0 Å². The lowest BCUT2D eigenvalue weighted by Crippen LogP contribution is -2.02. The van der Waals surface area contributed by atoms with E-state index in [0.717, 1.165) is 5.69 Å². The molecule has 0 N–H and O–H groups in total. The average molecular weight is 376 g/mol. The molecule has 0 spiro atoms. The summed E-state index contributed by atoms with van der Waals surface area (Å²) in [6.07, 6.45) is 14.5. The van der Waals surface area contributed by atoms with E-state index in [2.05, 4.69) is 54.4 Å². The van der Waals surface area contributed by atoms with Crippen molar-refractivity contribution in [2.75, 3.05) is 7.05 Å². The Labute approximate surface area is 136 Å². The molecule has 3 heteroatoms. The fraction of sp³-hybridized carbons (Fsp3) is 0.118. The van der Waals surface area contributed by atoms with E-state index in [1.165, 1.54) is 22.3 Å². The SMILES string of the molecule is Cc1ccc2c(c1)C(=CC=C1C=CN(C)C=C1)C=N2.I. The van der Waals surface area contributed by atoms with Crippen LogP contribution in [0.2, 0.25) is 0 Å². The summed E-state index contributed by atoms with van der Waals surface area (Å²) in [5, 5.41) is 0. The fourth-order valence-electron chi connectivity index (χ4n) is 2.14. The molecule has 1 aromatic carbocycles. The zero-order chi connectivity index (χ0) is 13.2. The van der Waals surface area contributed by atoms with Crippen LogP contribution in [-0.4, -0.2) is 18.2 Å². The van der Waals surface area contributed by atoms with Gasteiger partial charge in [-0.2, -0.15) is 0 Å². The molecule has 2 heterocycles. The lowest BCUT2D eigenvalue weighted by Gasteiger charge is -2.11. The number of nitrogens with zero attached hydrogens (tertiary/aromatic N) is 2. The Hall–Kier alpha value is -1.62. The van der Waals surface area contributed by atoms with Gasteiger partial charge in [0, 0.05) is 36.8 Å². The highest BCUT2D eigenvalue weighted by Crippen LogP contribution is 2.32. The maximum absolute atomic E-state index is 4.43. The molecule has 2 aliphatic rings. The quantitative estimate of drug-likeness (QED) is 0.654. The van der Waals surface area contributed by atoms with Crippen molar-refractivity contribution in [3.8, 4) is 0 Å². The van der Waals surface area contributed by atoms with Crippen molar-refractivity contribution in [2.24, 2.45) is 4.99 Å². The molecule has 0 fully saturated rings. The minimum atomic E-state index is 0. The molecule has 2 nitrogen and oxygen atoms in total. The minimum absolute atomic E-state index is 0. The standard InChI is InChI=1S/C17H16N2.HI/c1-13-3-6-17-16(11-13)15(12-18-17)5-4-14-7-9-19(2)10-8-14;/h3-12H,1-2H3;1H. The molecule has 0 aromatic heterocycles. The van der Waals surface area contributed by atoms with E-state index in [4.69, 9.17) is 0 Å². The predicted molar refractivity (Wildman–Crippen MR) is 96.8 cm³/mol. The number of benzene rings is 1. The highest BCUT2D eigenvalue weighted by Gasteiger charge is 2.10. The van der Waals surface area contributed by atoms with Gasteiger partial charge >= 0.3 is 0 Å². The van der Waals surface area contributed by atoms with Crippen LogP contribution < -0.4 is 0 Å². The van der Waals surface area contributed by atoms with Crippen LogP contribution in [0.3, 0.4) is 0 Å². The van der Waals surface area contributed by atoms with Crippen molar-refractivity contribution in [1.29, 1.82) is 0 Å². The second kappa shape index (κ2) is 6.22. The maximum atomic E-state index is 4.43. The Morgan fingerprint density at radius 1 is 1.10 bits per heavy atom. The van der Waals surface area contributed by atoms with Gasteiger partial charge in [0.2, 0.25) is 0 Å². The molecular weight excluding hydrogens is 359 g/mol. The van der Waals surface area contributed by atoms with E-state index in [1.54, 1.807) is 0 Å². The van der Waals surface area contributed by atoms with E-state index >= 15 is 0 Å². The third kappa shape index (κ3) is 3.10. The van der Waals surface area contributed by atoms with Crippen molar-refractivity contribution in [3.63, 3.8) is 0 Å². The smallest absolute Gasteiger partial charge is 0.0708 e. The summed E-state index contributed by atoms with van der Waals surface area (Å²) in [6, 6.07) is 6.36. The number of halogens is 1. The van der Waals surface area contributed by atoms with Gasteiger partial charge in [-0.25, -0.2) is 0 Å². The highest BCUT2D eigenvalue weighted by atomic mass is 127. The molecule has 0 amide bonds. The monoisotopic (exact) mass is 376 g/mol. The summed E-state index contributed by atoms with van der Waals surface area (Å²) in [6.45, 7) is 2.11. The lowest BCUT2D eigenvalue weighted by molar-refractivity contribution is 0.620. The number of fused-ring (bicyclic) bond motifs is 1. The number of hydrogen-bond acceptors (Lipinski definition) is 2. The molecular formula is C17H17IN2. The van der Waals surface area contributed by atoms with Crippen molar-refractivity contribution in [3.05, 3.63) is 71.6 Å². The fourth-order valence-corrected chi connectivity index (χ4v) is 2.14. The second-order valence-corrected chi connectivity index (χ2v) is 4.86. The van der Waals surface area contributed by atoms with Gasteiger partial charge in [-0.05, 0) is 36.8 Å². The average Bonchev–Trinajstić information content (AvgIpc) is 2.80. The van der Waals surface area contributed by atoms with Gasteiger partial charge in [0.25, 0.3) is 0 Å². The molecule has 3 rings (SSSR count).